The molecule has 1 aliphatic carbocycles. The number of nitrogens with two attached hydrogens (primary N) is 1. The summed E-state index contributed by atoms with van der Waals surface area (Å²) < 4.78 is 0. The average Bonchev–Trinajstić information content (AvgIpc) is 2.81. The van der Waals surface area contributed by atoms with Crippen LogP contribution in [0.1, 0.15) is 45.4 Å². The molecule has 3 heteroatoms. The van der Waals surface area contributed by atoms with Crippen LogP contribution in [-0.2, 0) is 4.79 Å². The summed E-state index contributed by atoms with van der Waals surface area (Å²) in [5, 5.41) is 3.03. The Hall–Kier alpha value is -0.570. The quantitative estimate of drug-likeness (QED) is 0.608. The van der Waals surface area contributed by atoms with Crippen molar-refractivity contribution >= 4 is 5.91 Å². The number of carbonyl (C=O) groups is 1. The molecule has 3 nitrogen and oxygen atoms in total. The number of rotatable bonds is 7. The number of hydrogen-bond donors (Lipinski definition) is 2. The van der Waals surface area contributed by atoms with Crippen molar-refractivity contribution in [2.45, 2.75) is 51.5 Å². The van der Waals surface area contributed by atoms with Gasteiger partial charge in [-0.2, -0.15) is 0 Å². The molecule has 0 aliphatic heterocycles. The van der Waals surface area contributed by atoms with E-state index in [0.29, 0.717) is 18.4 Å². The van der Waals surface area contributed by atoms with Crippen LogP contribution in [0.25, 0.3) is 0 Å². The molecular formula is C11H22N2O. The van der Waals surface area contributed by atoms with E-state index in [2.05, 4.69) is 12.2 Å². The molecule has 0 saturated heterocycles. The van der Waals surface area contributed by atoms with Gasteiger partial charge in [0.2, 0.25) is 5.91 Å². The molecule has 1 rings (SSSR count). The highest BCUT2D eigenvalue weighted by molar-refractivity contribution is 5.76. The fourth-order valence-electron chi connectivity index (χ4n) is 1.59. The number of hydrogen-bond acceptors (Lipinski definition) is 2. The van der Waals surface area contributed by atoms with Gasteiger partial charge >= 0.3 is 0 Å². The van der Waals surface area contributed by atoms with E-state index < -0.39 is 0 Å². The van der Waals surface area contributed by atoms with Gasteiger partial charge in [-0.3, -0.25) is 4.79 Å². The Balaban J connectivity index is 1.88. The van der Waals surface area contributed by atoms with Gasteiger partial charge in [-0.15, -0.1) is 0 Å². The predicted octanol–water partition coefficient (Wildman–Crippen LogP) is 1.42. The molecule has 0 aromatic rings. The van der Waals surface area contributed by atoms with Crippen molar-refractivity contribution in [3.05, 3.63) is 0 Å². The largest absolute Gasteiger partial charge is 0.353 e. The van der Waals surface area contributed by atoms with E-state index in [1.54, 1.807) is 0 Å². The topological polar surface area (TPSA) is 55.1 Å². The van der Waals surface area contributed by atoms with Crippen molar-refractivity contribution in [1.82, 2.24) is 5.32 Å². The van der Waals surface area contributed by atoms with Crippen LogP contribution in [0.3, 0.4) is 0 Å². The molecule has 14 heavy (non-hydrogen) atoms. The molecule has 0 heterocycles. The van der Waals surface area contributed by atoms with Crippen LogP contribution in [0, 0.1) is 5.92 Å². The second kappa shape index (κ2) is 6.02. The highest BCUT2D eigenvalue weighted by Crippen LogP contribution is 2.28. The molecule has 0 aromatic heterocycles. The number of unbranched alkanes of at least 4 members (excludes halogenated alkanes) is 3. The van der Waals surface area contributed by atoms with Gasteiger partial charge in [-0.05, 0) is 31.7 Å². The van der Waals surface area contributed by atoms with Crippen molar-refractivity contribution < 1.29 is 4.79 Å². The molecule has 0 aromatic carbocycles. The first-order chi connectivity index (χ1) is 6.74. The molecule has 2 unspecified atom stereocenters. The molecule has 2 atom stereocenters. The highest BCUT2D eigenvalue weighted by atomic mass is 16.1. The summed E-state index contributed by atoms with van der Waals surface area (Å²) in [6, 6.07) is 0.478. The number of amides is 1. The Labute approximate surface area is 86.4 Å². The minimum Gasteiger partial charge on any atom is -0.353 e. The molecule has 0 bridgehead atoms. The molecule has 82 valence electrons. The molecule has 0 spiro atoms. The van der Waals surface area contributed by atoms with Gasteiger partial charge < -0.3 is 11.1 Å². The van der Waals surface area contributed by atoms with Crippen LogP contribution in [0.15, 0.2) is 0 Å². The van der Waals surface area contributed by atoms with Crippen molar-refractivity contribution in [2.75, 3.05) is 6.54 Å². The normalized spacial score (nSPS) is 24.7. The molecule has 1 amide bonds. The van der Waals surface area contributed by atoms with Crippen molar-refractivity contribution in [2.24, 2.45) is 11.7 Å². The smallest absolute Gasteiger partial charge is 0.220 e. The van der Waals surface area contributed by atoms with Gasteiger partial charge in [0.25, 0.3) is 0 Å². The van der Waals surface area contributed by atoms with Gasteiger partial charge in [0, 0.05) is 12.5 Å². The third kappa shape index (κ3) is 4.61. The summed E-state index contributed by atoms with van der Waals surface area (Å²) in [6.07, 6.45) is 6.23. The van der Waals surface area contributed by atoms with Crippen molar-refractivity contribution in [1.29, 1.82) is 0 Å². The first-order valence-corrected chi connectivity index (χ1v) is 5.73. The zero-order valence-corrected chi connectivity index (χ0v) is 9.09. The van der Waals surface area contributed by atoms with Gasteiger partial charge in [0.1, 0.15) is 0 Å². The minimum atomic E-state index is 0.229. The predicted molar refractivity (Wildman–Crippen MR) is 57.9 cm³/mol. The molecule has 1 aliphatic rings. The lowest BCUT2D eigenvalue weighted by molar-refractivity contribution is -0.121. The van der Waals surface area contributed by atoms with Crippen LogP contribution in [0.2, 0.25) is 0 Å². The summed E-state index contributed by atoms with van der Waals surface area (Å²) in [5.74, 6) is 0.934. The third-order valence-electron chi connectivity index (χ3n) is 2.81. The fourth-order valence-corrected chi connectivity index (χ4v) is 1.59. The lowest BCUT2D eigenvalue weighted by Crippen LogP contribution is -2.26. The summed E-state index contributed by atoms with van der Waals surface area (Å²) in [4.78, 5) is 11.3. The summed E-state index contributed by atoms with van der Waals surface area (Å²) in [7, 11) is 0. The maximum atomic E-state index is 11.3. The molecule has 1 fully saturated rings. The molecular weight excluding hydrogens is 176 g/mol. The zero-order valence-electron chi connectivity index (χ0n) is 9.09. The zero-order chi connectivity index (χ0) is 10.4. The van der Waals surface area contributed by atoms with E-state index in [4.69, 9.17) is 5.73 Å². The lowest BCUT2D eigenvalue weighted by Gasteiger charge is -2.03. The third-order valence-corrected chi connectivity index (χ3v) is 2.81. The van der Waals surface area contributed by atoms with Crippen LogP contribution in [-0.4, -0.2) is 18.5 Å². The second-order valence-corrected chi connectivity index (χ2v) is 4.34. The van der Waals surface area contributed by atoms with Gasteiger partial charge in [-0.25, -0.2) is 0 Å². The Morgan fingerprint density at radius 3 is 2.57 bits per heavy atom. The number of nitrogens with one attached hydrogen (secondary N) is 1. The Morgan fingerprint density at radius 1 is 1.36 bits per heavy atom. The summed E-state index contributed by atoms with van der Waals surface area (Å²) in [6.45, 7) is 2.94. The highest BCUT2D eigenvalue weighted by Gasteiger charge is 2.33. The van der Waals surface area contributed by atoms with Crippen LogP contribution in [0.4, 0.5) is 0 Å². The fraction of sp³-hybridized carbons (Fsp3) is 0.909. The minimum absolute atomic E-state index is 0.229. The monoisotopic (exact) mass is 198 g/mol. The number of carbonyl (C=O) groups excluding carboxylic acids is 1. The Bertz CT molecular complexity index is 182. The molecule has 1 saturated carbocycles. The standard InChI is InChI=1S/C11H22N2O/c1-9-8-10(9)13-11(14)6-4-2-3-5-7-12/h9-10H,2-8,12H2,1H3,(H,13,14). The second-order valence-electron chi connectivity index (χ2n) is 4.34. The van der Waals surface area contributed by atoms with E-state index in [1.807, 2.05) is 0 Å². The lowest BCUT2D eigenvalue weighted by atomic mass is 10.1. The van der Waals surface area contributed by atoms with E-state index in [0.717, 1.165) is 32.2 Å². The maximum Gasteiger partial charge on any atom is 0.220 e. The van der Waals surface area contributed by atoms with Crippen molar-refractivity contribution in [3.63, 3.8) is 0 Å². The van der Waals surface area contributed by atoms with Gasteiger partial charge in [-0.1, -0.05) is 19.8 Å². The van der Waals surface area contributed by atoms with Gasteiger partial charge in [0.05, 0.1) is 0 Å². The van der Waals surface area contributed by atoms with E-state index in [1.165, 1.54) is 6.42 Å². The van der Waals surface area contributed by atoms with E-state index >= 15 is 0 Å². The Morgan fingerprint density at radius 2 is 2.00 bits per heavy atom. The average molecular weight is 198 g/mol. The summed E-state index contributed by atoms with van der Waals surface area (Å²) in [5.41, 5.74) is 5.38. The van der Waals surface area contributed by atoms with E-state index in [-0.39, 0.29) is 5.91 Å². The van der Waals surface area contributed by atoms with Crippen LogP contribution in [0.5, 0.6) is 0 Å². The maximum absolute atomic E-state index is 11.3. The SMILES string of the molecule is CC1CC1NC(=O)CCCCCCN. The summed E-state index contributed by atoms with van der Waals surface area (Å²) >= 11 is 0. The first kappa shape index (κ1) is 11.5. The molecule has 3 N–H and O–H groups in total. The Kier molecular flexibility index (Phi) is 4.94. The van der Waals surface area contributed by atoms with Crippen LogP contribution >= 0.6 is 0 Å². The van der Waals surface area contributed by atoms with Crippen molar-refractivity contribution in [3.8, 4) is 0 Å². The van der Waals surface area contributed by atoms with Crippen LogP contribution < -0.4 is 11.1 Å². The van der Waals surface area contributed by atoms with Gasteiger partial charge in [0.15, 0.2) is 0 Å². The molecule has 0 radical (unpaired) electrons. The van der Waals surface area contributed by atoms with E-state index in [9.17, 15) is 4.79 Å². The first-order valence-electron chi connectivity index (χ1n) is 5.73.